The predicted molar refractivity (Wildman–Crippen MR) is 199 cm³/mol. The van der Waals surface area contributed by atoms with Gasteiger partial charge in [-0.05, 0) is 55.9 Å². The standard InChI is InChI=1S/C40H53FN4O8/c1-8-17-45(23-28-12-14-29(41)15-13-28)18-16-43-35-30-19-24(2)20-34(52-7)36(47)26(4)21-27(5)38(53-40(42)50)33(51-6)11-9-10-25(3)39(49)44-31(37(30)48)22-32(35)46/h8-15,21-22,24,26,33-34,36,38,43,47H,1,16-20,23H2,2-7H3,(H2,42,50)(H,44,49)/b11-9-,25-10+,27-21+/t24-,26+,33+,34+,36-,38+/m1/s1. The van der Waals surface area contributed by atoms with Crippen molar-refractivity contribution in [3.8, 4) is 0 Å². The number of nitrogens with one attached hydrogen (secondary N) is 2. The van der Waals surface area contributed by atoms with Crippen molar-refractivity contribution in [2.24, 2.45) is 17.6 Å². The van der Waals surface area contributed by atoms with Crippen molar-refractivity contribution in [2.45, 2.75) is 71.5 Å². The first kappa shape index (κ1) is 42.7. The van der Waals surface area contributed by atoms with Gasteiger partial charge in [0, 0.05) is 63.5 Å². The van der Waals surface area contributed by atoms with Gasteiger partial charge in [0.2, 0.25) is 11.6 Å². The lowest BCUT2D eigenvalue weighted by Gasteiger charge is -2.30. The average Bonchev–Trinajstić information content (AvgIpc) is 3.11. The van der Waals surface area contributed by atoms with Crippen LogP contribution in [-0.2, 0) is 35.1 Å². The fourth-order valence-electron chi connectivity index (χ4n) is 6.38. The highest BCUT2D eigenvalue weighted by atomic mass is 19.1. The monoisotopic (exact) mass is 736 g/mol. The first-order valence-corrected chi connectivity index (χ1v) is 17.6. The van der Waals surface area contributed by atoms with Crippen LogP contribution in [0.15, 0.2) is 95.4 Å². The van der Waals surface area contributed by atoms with Gasteiger partial charge < -0.3 is 35.7 Å². The second-order valence-corrected chi connectivity index (χ2v) is 13.5. The molecule has 1 aliphatic heterocycles. The van der Waals surface area contributed by atoms with Crippen molar-refractivity contribution in [3.05, 3.63) is 107 Å². The second kappa shape index (κ2) is 20.5. The minimum Gasteiger partial charge on any atom is -0.439 e. The summed E-state index contributed by atoms with van der Waals surface area (Å²) >= 11 is 0. The van der Waals surface area contributed by atoms with Gasteiger partial charge in [-0.3, -0.25) is 19.3 Å². The molecule has 6 atom stereocenters. The van der Waals surface area contributed by atoms with Crippen molar-refractivity contribution >= 4 is 23.6 Å². The number of aliphatic hydroxyl groups excluding tert-OH is 1. The molecule has 2 aliphatic rings. The molecule has 0 saturated heterocycles. The minimum atomic E-state index is -1.01. The normalized spacial score (nSPS) is 27.6. The number of primary amides is 1. The van der Waals surface area contributed by atoms with Gasteiger partial charge in [-0.15, -0.1) is 6.58 Å². The number of benzene rings is 1. The second-order valence-electron chi connectivity index (χ2n) is 13.5. The molecule has 2 bridgehead atoms. The SMILES string of the molecule is C=CCN(CCNC1=C2C[C@@H](C)C[C@H](OC)[C@H](O)[C@@H](C)/C=C(\C)[C@H](OC(N)=O)[C@@H](OC)/C=C\C=C(/C)C(=O)NC(=CC1=O)C2=O)Cc1ccc(F)cc1. The number of carbonyl (C=O) groups excluding carboxylic acids is 4. The molecule has 1 aromatic rings. The zero-order valence-corrected chi connectivity index (χ0v) is 31.4. The summed E-state index contributed by atoms with van der Waals surface area (Å²) in [7, 11) is 2.91. The number of ketones is 2. The highest BCUT2D eigenvalue weighted by molar-refractivity contribution is 6.23. The number of halogens is 1. The maximum Gasteiger partial charge on any atom is 0.405 e. The Bertz CT molecular complexity index is 1650. The number of hydrogen-bond donors (Lipinski definition) is 4. The third-order valence-electron chi connectivity index (χ3n) is 9.23. The summed E-state index contributed by atoms with van der Waals surface area (Å²) in [6.45, 7) is 12.6. The van der Waals surface area contributed by atoms with E-state index >= 15 is 0 Å². The number of fused-ring (bicyclic) bond motifs is 2. The number of ether oxygens (including phenoxy) is 3. The largest absolute Gasteiger partial charge is 0.439 e. The van der Waals surface area contributed by atoms with E-state index in [1.807, 2.05) is 6.92 Å². The van der Waals surface area contributed by atoms with Crippen molar-refractivity contribution in [3.63, 3.8) is 0 Å². The number of aliphatic hydroxyl groups is 1. The van der Waals surface area contributed by atoms with E-state index in [0.29, 0.717) is 38.2 Å². The molecule has 0 unspecified atom stereocenters. The Balaban J connectivity index is 1.98. The molecule has 0 spiro atoms. The van der Waals surface area contributed by atoms with Gasteiger partial charge in [0.05, 0.1) is 23.6 Å². The van der Waals surface area contributed by atoms with Crippen LogP contribution in [0.4, 0.5) is 9.18 Å². The Labute approximate surface area is 311 Å². The number of rotatable bonds is 11. The molecule has 1 aromatic carbocycles. The topological polar surface area (TPSA) is 170 Å². The third-order valence-corrected chi connectivity index (χ3v) is 9.23. The van der Waals surface area contributed by atoms with Crippen LogP contribution < -0.4 is 16.4 Å². The molecule has 1 aliphatic carbocycles. The van der Waals surface area contributed by atoms with Crippen LogP contribution in [0.5, 0.6) is 0 Å². The van der Waals surface area contributed by atoms with Gasteiger partial charge in [-0.1, -0.05) is 56.4 Å². The van der Waals surface area contributed by atoms with Gasteiger partial charge in [0.15, 0.2) is 6.10 Å². The predicted octanol–water partition coefficient (Wildman–Crippen LogP) is 4.18. The molecule has 0 radical (unpaired) electrons. The molecule has 0 aromatic heterocycles. The summed E-state index contributed by atoms with van der Waals surface area (Å²) < 4.78 is 30.2. The number of hydrogen-bond acceptors (Lipinski definition) is 10. The first-order chi connectivity index (χ1) is 25.2. The highest BCUT2D eigenvalue weighted by Gasteiger charge is 2.33. The Morgan fingerprint density at radius 1 is 1.15 bits per heavy atom. The van der Waals surface area contributed by atoms with Gasteiger partial charge in [-0.25, -0.2) is 9.18 Å². The maximum atomic E-state index is 14.0. The number of carbonyl (C=O) groups is 4. The van der Waals surface area contributed by atoms with Crippen LogP contribution in [0, 0.1) is 17.7 Å². The zero-order chi connectivity index (χ0) is 39.2. The smallest absolute Gasteiger partial charge is 0.405 e. The van der Waals surface area contributed by atoms with Crippen LogP contribution in [-0.4, -0.2) is 91.8 Å². The summed E-state index contributed by atoms with van der Waals surface area (Å²) in [5.41, 5.74) is 7.26. The Morgan fingerprint density at radius 3 is 2.47 bits per heavy atom. The number of methoxy groups -OCH3 is 2. The zero-order valence-electron chi connectivity index (χ0n) is 31.4. The van der Waals surface area contributed by atoms with E-state index < -0.39 is 53.9 Å². The van der Waals surface area contributed by atoms with E-state index in [2.05, 4.69) is 22.1 Å². The Hall–Kier alpha value is -4.69. The average molecular weight is 737 g/mol. The molecule has 12 nitrogen and oxygen atoms in total. The Morgan fingerprint density at radius 2 is 1.85 bits per heavy atom. The molecule has 53 heavy (non-hydrogen) atoms. The van der Waals surface area contributed by atoms with Crippen molar-refractivity contribution < 1.29 is 42.9 Å². The molecule has 5 N–H and O–H groups in total. The molecule has 0 fully saturated rings. The van der Waals surface area contributed by atoms with Crippen LogP contribution in [0.25, 0.3) is 0 Å². The van der Waals surface area contributed by atoms with E-state index in [-0.39, 0.29) is 40.7 Å². The molecule has 3 rings (SSSR count). The van der Waals surface area contributed by atoms with E-state index in [1.54, 1.807) is 57.2 Å². The van der Waals surface area contributed by atoms with E-state index in [9.17, 15) is 28.7 Å². The van der Waals surface area contributed by atoms with E-state index in [4.69, 9.17) is 19.9 Å². The van der Waals surface area contributed by atoms with Gasteiger partial charge >= 0.3 is 6.09 Å². The number of nitrogens with two attached hydrogens (primary N) is 1. The fraction of sp³-hybridized carbons (Fsp3) is 0.450. The van der Waals surface area contributed by atoms with Crippen molar-refractivity contribution in [1.29, 1.82) is 0 Å². The molecular formula is C40H53FN4O8. The summed E-state index contributed by atoms with van der Waals surface area (Å²) in [6, 6.07) is 6.21. The molecule has 288 valence electrons. The number of amides is 2. The van der Waals surface area contributed by atoms with Crippen LogP contribution >= 0.6 is 0 Å². The number of allylic oxidation sites excluding steroid dienone is 4. The number of Topliss-reactive ketones (excluding diaryl/α,β-unsaturated/α-hetero) is 1. The van der Waals surface area contributed by atoms with Gasteiger partial charge in [0.25, 0.3) is 5.91 Å². The van der Waals surface area contributed by atoms with E-state index in [1.165, 1.54) is 32.4 Å². The molecule has 13 heteroatoms. The van der Waals surface area contributed by atoms with Crippen LogP contribution in [0.1, 0.15) is 46.1 Å². The Kier molecular flexibility index (Phi) is 16.5. The lowest BCUT2D eigenvalue weighted by molar-refractivity contribution is -0.120. The summed E-state index contributed by atoms with van der Waals surface area (Å²) in [5.74, 6) is -2.64. The van der Waals surface area contributed by atoms with Crippen LogP contribution in [0.3, 0.4) is 0 Å². The molecule has 1 heterocycles. The summed E-state index contributed by atoms with van der Waals surface area (Å²) in [4.78, 5) is 54.8. The molecular weight excluding hydrogens is 683 g/mol. The minimum absolute atomic E-state index is 0.133. The first-order valence-electron chi connectivity index (χ1n) is 17.6. The maximum absolute atomic E-state index is 14.0. The van der Waals surface area contributed by atoms with E-state index in [0.717, 1.165) is 11.6 Å². The quantitative estimate of drug-likeness (QED) is 0.191. The summed E-state index contributed by atoms with van der Waals surface area (Å²) in [6.07, 6.45) is 5.27. The molecule has 0 saturated carbocycles. The van der Waals surface area contributed by atoms with Crippen LogP contribution in [0.2, 0.25) is 0 Å². The highest BCUT2D eigenvalue weighted by Crippen LogP contribution is 2.29. The van der Waals surface area contributed by atoms with Crippen molar-refractivity contribution in [1.82, 2.24) is 15.5 Å². The lowest BCUT2D eigenvalue weighted by Crippen LogP contribution is -2.39. The summed E-state index contributed by atoms with van der Waals surface area (Å²) in [5, 5.41) is 17.2. The lowest BCUT2D eigenvalue weighted by atomic mass is 9.85. The van der Waals surface area contributed by atoms with Crippen molar-refractivity contribution in [2.75, 3.05) is 33.9 Å². The number of nitrogens with zero attached hydrogens (tertiary/aromatic N) is 1. The molecule has 2 amide bonds. The van der Waals surface area contributed by atoms with Gasteiger partial charge in [-0.2, -0.15) is 0 Å². The fourth-order valence-corrected chi connectivity index (χ4v) is 6.38. The van der Waals surface area contributed by atoms with Gasteiger partial charge in [0.1, 0.15) is 11.9 Å². The third kappa shape index (κ3) is 12.5.